The maximum Gasteiger partial charge on any atom is 0.418 e. The van der Waals surface area contributed by atoms with Gasteiger partial charge in [0.2, 0.25) is 11.8 Å². The molecule has 0 aliphatic carbocycles. The summed E-state index contributed by atoms with van der Waals surface area (Å²) in [4.78, 5) is 26.0. The summed E-state index contributed by atoms with van der Waals surface area (Å²) in [6.45, 7) is 2.11. The van der Waals surface area contributed by atoms with Crippen molar-refractivity contribution in [1.82, 2.24) is 0 Å². The molecule has 1 N–H and O–H groups in total. The van der Waals surface area contributed by atoms with Gasteiger partial charge in [0.1, 0.15) is 5.75 Å². The monoisotopic (exact) mass is 392 g/mol. The van der Waals surface area contributed by atoms with Gasteiger partial charge in [-0.3, -0.25) is 9.59 Å². The highest BCUT2D eigenvalue weighted by atomic mass is 19.4. The topological polar surface area (TPSA) is 58.6 Å². The molecule has 1 atom stereocenters. The van der Waals surface area contributed by atoms with Crippen molar-refractivity contribution < 1.29 is 27.5 Å². The standard InChI is InChI=1S/C20H19F3N2O3/c1-2-28-17-10-6-4-8-15(17)24-19(27)13-11-18(26)25(12-13)16-9-5-3-7-14(16)20(21,22)23/h3-10,13H,2,11-12H2,1H3,(H,24,27). The molecule has 1 fully saturated rings. The molecule has 1 heterocycles. The Kier molecular flexibility index (Phi) is 5.58. The van der Waals surface area contributed by atoms with Crippen LogP contribution >= 0.6 is 0 Å². The quantitative estimate of drug-likeness (QED) is 0.834. The number of alkyl halides is 3. The zero-order valence-corrected chi connectivity index (χ0v) is 15.1. The van der Waals surface area contributed by atoms with E-state index in [9.17, 15) is 22.8 Å². The van der Waals surface area contributed by atoms with Crippen LogP contribution in [-0.2, 0) is 15.8 Å². The molecule has 0 saturated carbocycles. The van der Waals surface area contributed by atoms with Gasteiger partial charge >= 0.3 is 6.18 Å². The minimum Gasteiger partial charge on any atom is -0.492 e. The van der Waals surface area contributed by atoms with Gasteiger partial charge in [-0.2, -0.15) is 13.2 Å². The van der Waals surface area contributed by atoms with Crippen LogP contribution < -0.4 is 15.0 Å². The first-order chi connectivity index (χ1) is 13.3. The summed E-state index contributed by atoms with van der Waals surface area (Å²) >= 11 is 0. The Labute approximate surface area is 160 Å². The number of carbonyl (C=O) groups is 2. The molecule has 2 aromatic carbocycles. The third kappa shape index (κ3) is 4.11. The summed E-state index contributed by atoms with van der Waals surface area (Å²) in [5.74, 6) is -1.23. The van der Waals surface area contributed by atoms with Crippen molar-refractivity contribution in [2.24, 2.45) is 5.92 Å². The summed E-state index contributed by atoms with van der Waals surface area (Å²) in [6, 6.07) is 11.7. The summed E-state index contributed by atoms with van der Waals surface area (Å²) in [5.41, 5.74) is -0.674. The number of rotatable bonds is 5. The Hall–Kier alpha value is -3.03. The molecule has 0 bridgehead atoms. The summed E-state index contributed by atoms with van der Waals surface area (Å²) < 4.78 is 45.2. The minimum absolute atomic E-state index is 0.117. The molecule has 8 heteroatoms. The van der Waals surface area contributed by atoms with E-state index in [0.717, 1.165) is 11.0 Å². The van der Waals surface area contributed by atoms with E-state index in [4.69, 9.17) is 4.74 Å². The average molecular weight is 392 g/mol. The Morgan fingerprint density at radius 3 is 2.57 bits per heavy atom. The van der Waals surface area contributed by atoms with Gasteiger partial charge in [0.15, 0.2) is 0 Å². The van der Waals surface area contributed by atoms with Crippen LogP contribution in [0, 0.1) is 5.92 Å². The van der Waals surface area contributed by atoms with Crippen molar-refractivity contribution in [2.45, 2.75) is 19.5 Å². The van der Waals surface area contributed by atoms with Crippen molar-refractivity contribution in [1.29, 1.82) is 0 Å². The Bertz CT molecular complexity index is 883. The molecule has 2 amide bonds. The summed E-state index contributed by atoms with van der Waals surface area (Å²) in [6.07, 6.45) is -4.75. The van der Waals surface area contributed by atoms with Crippen LogP contribution in [-0.4, -0.2) is 25.0 Å². The van der Waals surface area contributed by atoms with E-state index in [-0.39, 0.29) is 18.7 Å². The maximum atomic E-state index is 13.3. The lowest BCUT2D eigenvalue weighted by atomic mass is 10.1. The van der Waals surface area contributed by atoms with Crippen molar-refractivity contribution in [3.63, 3.8) is 0 Å². The van der Waals surface area contributed by atoms with Crippen molar-refractivity contribution in [2.75, 3.05) is 23.4 Å². The lowest BCUT2D eigenvalue weighted by Gasteiger charge is -2.21. The predicted molar refractivity (Wildman–Crippen MR) is 98.1 cm³/mol. The van der Waals surface area contributed by atoms with Crippen LogP contribution in [0.25, 0.3) is 0 Å². The number of nitrogens with zero attached hydrogens (tertiary/aromatic N) is 1. The molecule has 5 nitrogen and oxygen atoms in total. The van der Waals surface area contributed by atoms with E-state index in [1.165, 1.54) is 18.2 Å². The van der Waals surface area contributed by atoms with E-state index in [1.807, 2.05) is 6.92 Å². The number of hydrogen-bond acceptors (Lipinski definition) is 3. The van der Waals surface area contributed by atoms with E-state index >= 15 is 0 Å². The lowest BCUT2D eigenvalue weighted by molar-refractivity contribution is -0.137. The molecule has 1 aliphatic rings. The van der Waals surface area contributed by atoms with Crippen LogP contribution in [0.15, 0.2) is 48.5 Å². The number of para-hydroxylation sites is 3. The van der Waals surface area contributed by atoms with Crippen LogP contribution in [0.3, 0.4) is 0 Å². The molecule has 1 unspecified atom stereocenters. The van der Waals surface area contributed by atoms with Crippen LogP contribution in [0.2, 0.25) is 0 Å². The first-order valence-electron chi connectivity index (χ1n) is 8.80. The van der Waals surface area contributed by atoms with Gasteiger partial charge in [-0.15, -0.1) is 0 Å². The second-order valence-corrected chi connectivity index (χ2v) is 6.34. The highest BCUT2D eigenvalue weighted by Crippen LogP contribution is 2.38. The van der Waals surface area contributed by atoms with Gasteiger partial charge < -0.3 is 15.0 Å². The number of amides is 2. The zero-order chi connectivity index (χ0) is 20.3. The van der Waals surface area contributed by atoms with Gasteiger partial charge in [0.05, 0.1) is 29.5 Å². The molecule has 1 aliphatic heterocycles. The molecule has 0 radical (unpaired) electrons. The molecule has 0 aromatic heterocycles. The predicted octanol–water partition coefficient (Wildman–Crippen LogP) is 4.10. The number of carbonyl (C=O) groups excluding carboxylic acids is 2. The minimum atomic E-state index is -4.59. The Morgan fingerprint density at radius 1 is 1.18 bits per heavy atom. The van der Waals surface area contributed by atoms with Gasteiger partial charge in [-0.1, -0.05) is 24.3 Å². The van der Waals surface area contributed by atoms with Gasteiger partial charge in [-0.05, 0) is 31.2 Å². The van der Waals surface area contributed by atoms with Gasteiger partial charge in [0, 0.05) is 13.0 Å². The van der Waals surface area contributed by atoms with E-state index < -0.39 is 29.5 Å². The summed E-state index contributed by atoms with van der Waals surface area (Å²) in [7, 11) is 0. The van der Waals surface area contributed by atoms with E-state index in [2.05, 4.69) is 5.32 Å². The highest BCUT2D eigenvalue weighted by Gasteiger charge is 2.40. The van der Waals surface area contributed by atoms with Crippen LogP contribution in [0.5, 0.6) is 5.75 Å². The molecule has 1 saturated heterocycles. The lowest BCUT2D eigenvalue weighted by Crippen LogP contribution is -2.29. The van der Waals surface area contributed by atoms with Crippen molar-refractivity contribution >= 4 is 23.2 Å². The first-order valence-corrected chi connectivity index (χ1v) is 8.80. The van der Waals surface area contributed by atoms with Crippen molar-refractivity contribution in [3.8, 4) is 5.75 Å². The van der Waals surface area contributed by atoms with E-state index in [1.54, 1.807) is 24.3 Å². The number of nitrogens with one attached hydrogen (secondary N) is 1. The number of benzene rings is 2. The molecular formula is C20H19F3N2O3. The van der Waals surface area contributed by atoms with E-state index in [0.29, 0.717) is 18.0 Å². The number of hydrogen-bond donors (Lipinski definition) is 1. The fourth-order valence-electron chi connectivity index (χ4n) is 3.15. The maximum absolute atomic E-state index is 13.3. The molecule has 2 aromatic rings. The normalized spacial score (nSPS) is 16.9. The number of ether oxygens (including phenoxy) is 1. The first kappa shape index (κ1) is 19.7. The SMILES string of the molecule is CCOc1ccccc1NC(=O)C1CC(=O)N(c2ccccc2C(F)(F)F)C1. The largest absolute Gasteiger partial charge is 0.492 e. The third-order valence-corrected chi connectivity index (χ3v) is 4.44. The molecule has 148 valence electrons. The molecular weight excluding hydrogens is 373 g/mol. The molecule has 0 spiro atoms. The third-order valence-electron chi connectivity index (χ3n) is 4.44. The second-order valence-electron chi connectivity index (χ2n) is 6.34. The Balaban J connectivity index is 1.78. The average Bonchev–Trinajstić information content (AvgIpc) is 3.04. The van der Waals surface area contributed by atoms with Gasteiger partial charge in [0.25, 0.3) is 0 Å². The van der Waals surface area contributed by atoms with Crippen LogP contribution in [0.4, 0.5) is 24.5 Å². The fraction of sp³-hybridized carbons (Fsp3) is 0.300. The number of halogens is 3. The molecule has 3 rings (SSSR count). The highest BCUT2D eigenvalue weighted by molar-refractivity contribution is 6.04. The number of anilines is 2. The second kappa shape index (κ2) is 7.92. The zero-order valence-electron chi connectivity index (χ0n) is 15.1. The Morgan fingerprint density at radius 2 is 1.86 bits per heavy atom. The molecule has 28 heavy (non-hydrogen) atoms. The smallest absolute Gasteiger partial charge is 0.418 e. The van der Waals surface area contributed by atoms with Crippen molar-refractivity contribution in [3.05, 3.63) is 54.1 Å². The summed E-state index contributed by atoms with van der Waals surface area (Å²) in [5, 5.41) is 2.71. The van der Waals surface area contributed by atoms with Crippen LogP contribution in [0.1, 0.15) is 18.9 Å². The van der Waals surface area contributed by atoms with Gasteiger partial charge in [-0.25, -0.2) is 0 Å². The fourth-order valence-corrected chi connectivity index (χ4v) is 3.15.